The SMILES string of the molecule is Cc1ncnc(C)c1C(=O)N1CC2CN(CCC3(c4ccccc4)CN(C(=O)C4CCC(O)CC4)C3)CC2C1. The smallest absolute Gasteiger partial charge is 0.257 e. The summed E-state index contributed by atoms with van der Waals surface area (Å²) in [5.74, 6) is 1.44. The van der Waals surface area contributed by atoms with Gasteiger partial charge in [-0.1, -0.05) is 30.3 Å². The first-order valence-electron chi connectivity index (χ1n) is 14.7. The van der Waals surface area contributed by atoms with Crippen LogP contribution in [0.4, 0.5) is 0 Å². The number of likely N-dealkylation sites (tertiary alicyclic amines) is 3. The Morgan fingerprint density at radius 3 is 2.13 bits per heavy atom. The van der Waals surface area contributed by atoms with E-state index < -0.39 is 0 Å². The summed E-state index contributed by atoms with van der Waals surface area (Å²) in [7, 11) is 0. The van der Waals surface area contributed by atoms with Gasteiger partial charge in [0.2, 0.25) is 5.91 Å². The van der Waals surface area contributed by atoms with Gasteiger partial charge in [-0.15, -0.1) is 0 Å². The molecule has 1 aromatic carbocycles. The molecule has 6 rings (SSSR count). The maximum absolute atomic E-state index is 13.3. The third-order valence-corrected chi connectivity index (χ3v) is 9.93. The van der Waals surface area contributed by atoms with Gasteiger partial charge >= 0.3 is 0 Å². The average Bonchev–Trinajstić information content (AvgIpc) is 3.48. The highest BCUT2D eigenvalue weighted by Gasteiger charge is 2.49. The molecular weight excluding hydrogens is 490 g/mol. The van der Waals surface area contributed by atoms with E-state index in [4.69, 9.17) is 0 Å². The van der Waals surface area contributed by atoms with E-state index >= 15 is 0 Å². The number of aliphatic hydroxyl groups is 1. The molecule has 39 heavy (non-hydrogen) atoms. The summed E-state index contributed by atoms with van der Waals surface area (Å²) in [5.41, 5.74) is 3.51. The van der Waals surface area contributed by atoms with Crippen LogP contribution >= 0.6 is 0 Å². The molecule has 2 aromatic rings. The van der Waals surface area contributed by atoms with E-state index in [1.54, 1.807) is 0 Å². The highest BCUT2D eigenvalue weighted by molar-refractivity contribution is 5.96. The number of aliphatic hydroxyl groups excluding tert-OH is 1. The van der Waals surface area contributed by atoms with Crippen LogP contribution in [-0.4, -0.2) is 93.5 Å². The highest BCUT2D eigenvalue weighted by atomic mass is 16.3. The molecule has 0 radical (unpaired) electrons. The zero-order chi connectivity index (χ0) is 27.1. The monoisotopic (exact) mass is 531 g/mol. The molecule has 3 aliphatic heterocycles. The lowest BCUT2D eigenvalue weighted by molar-refractivity contribution is -0.145. The van der Waals surface area contributed by atoms with Crippen molar-refractivity contribution < 1.29 is 14.7 Å². The molecule has 208 valence electrons. The van der Waals surface area contributed by atoms with E-state index in [2.05, 4.69) is 50.1 Å². The molecular formula is C31H41N5O3. The standard InChI is InChI=1S/C31H41N5O3/c1-21-28(22(2)33-20-32-21)30(39)35-16-24-14-34(15-25(24)17-35)13-12-31(26-6-4-3-5-7-26)18-36(19-31)29(38)23-8-10-27(37)11-9-23/h3-7,20,23-25,27,37H,8-19H2,1-2H3. The van der Waals surface area contributed by atoms with E-state index in [0.29, 0.717) is 17.4 Å². The molecule has 4 aliphatic rings. The van der Waals surface area contributed by atoms with Crippen molar-refractivity contribution >= 4 is 11.8 Å². The number of rotatable bonds is 6. The minimum Gasteiger partial charge on any atom is -0.393 e. The minimum absolute atomic E-state index is 0.00711. The van der Waals surface area contributed by atoms with Crippen molar-refractivity contribution in [1.29, 1.82) is 0 Å². The Kier molecular flexibility index (Phi) is 7.18. The maximum Gasteiger partial charge on any atom is 0.257 e. The Labute approximate surface area is 231 Å². The summed E-state index contributed by atoms with van der Waals surface area (Å²) in [4.78, 5) is 41.6. The molecule has 0 spiro atoms. The Hall–Kier alpha value is -2.84. The Morgan fingerprint density at radius 2 is 1.51 bits per heavy atom. The fourth-order valence-corrected chi connectivity index (χ4v) is 7.57. The lowest BCUT2D eigenvalue weighted by atomic mass is 9.70. The molecule has 4 fully saturated rings. The van der Waals surface area contributed by atoms with Gasteiger partial charge in [-0.05, 0) is 69.9 Å². The van der Waals surface area contributed by atoms with Crippen molar-refractivity contribution in [1.82, 2.24) is 24.7 Å². The zero-order valence-electron chi connectivity index (χ0n) is 23.3. The number of amides is 2. The third kappa shape index (κ3) is 5.09. The fourth-order valence-electron chi connectivity index (χ4n) is 7.57. The summed E-state index contributed by atoms with van der Waals surface area (Å²) < 4.78 is 0. The predicted molar refractivity (Wildman–Crippen MR) is 148 cm³/mol. The first-order valence-corrected chi connectivity index (χ1v) is 14.7. The summed E-state index contributed by atoms with van der Waals surface area (Å²) in [6, 6.07) is 10.7. The summed E-state index contributed by atoms with van der Waals surface area (Å²) in [6.45, 7) is 10.0. The molecule has 2 amide bonds. The number of carbonyl (C=O) groups is 2. The Morgan fingerprint density at radius 1 is 0.897 bits per heavy atom. The van der Waals surface area contributed by atoms with E-state index in [9.17, 15) is 14.7 Å². The van der Waals surface area contributed by atoms with Crippen LogP contribution in [0.2, 0.25) is 0 Å². The second-order valence-electron chi connectivity index (χ2n) is 12.5. The van der Waals surface area contributed by atoms with Gasteiger partial charge in [0.25, 0.3) is 5.91 Å². The quantitative estimate of drug-likeness (QED) is 0.617. The molecule has 1 aromatic heterocycles. The van der Waals surface area contributed by atoms with Gasteiger partial charge < -0.3 is 19.8 Å². The number of aryl methyl sites for hydroxylation is 2. The lowest BCUT2D eigenvalue weighted by Gasteiger charge is -2.52. The molecule has 2 unspecified atom stereocenters. The number of hydrogen-bond donors (Lipinski definition) is 1. The largest absolute Gasteiger partial charge is 0.393 e. The van der Waals surface area contributed by atoms with Gasteiger partial charge in [0.15, 0.2) is 0 Å². The molecule has 3 saturated heterocycles. The van der Waals surface area contributed by atoms with Crippen LogP contribution in [0.1, 0.15) is 59.4 Å². The van der Waals surface area contributed by atoms with Crippen LogP contribution in [0, 0.1) is 31.6 Å². The van der Waals surface area contributed by atoms with Gasteiger partial charge in [0.1, 0.15) is 6.33 Å². The van der Waals surface area contributed by atoms with Gasteiger partial charge in [-0.3, -0.25) is 9.59 Å². The van der Waals surface area contributed by atoms with Crippen LogP contribution in [0.15, 0.2) is 36.7 Å². The van der Waals surface area contributed by atoms with Crippen molar-refractivity contribution in [2.24, 2.45) is 17.8 Å². The van der Waals surface area contributed by atoms with Gasteiger partial charge in [0, 0.05) is 50.6 Å². The molecule has 4 heterocycles. The molecule has 1 N–H and O–H groups in total. The fraction of sp³-hybridized carbons (Fsp3) is 0.613. The maximum atomic E-state index is 13.3. The molecule has 1 saturated carbocycles. The molecule has 0 bridgehead atoms. The molecule has 1 aliphatic carbocycles. The number of benzene rings is 1. The van der Waals surface area contributed by atoms with Crippen LogP contribution < -0.4 is 0 Å². The molecule has 8 nitrogen and oxygen atoms in total. The van der Waals surface area contributed by atoms with Crippen LogP contribution in [0.3, 0.4) is 0 Å². The van der Waals surface area contributed by atoms with Crippen molar-refractivity contribution in [2.75, 3.05) is 45.8 Å². The van der Waals surface area contributed by atoms with E-state index in [0.717, 1.165) is 89.3 Å². The van der Waals surface area contributed by atoms with Crippen LogP contribution in [0.5, 0.6) is 0 Å². The molecule has 2 atom stereocenters. The second-order valence-corrected chi connectivity index (χ2v) is 12.5. The number of carbonyl (C=O) groups excluding carboxylic acids is 2. The van der Waals surface area contributed by atoms with E-state index in [1.165, 1.54) is 11.9 Å². The Balaban J connectivity index is 1.05. The second kappa shape index (κ2) is 10.6. The minimum atomic E-state index is -0.236. The number of hydrogen-bond acceptors (Lipinski definition) is 6. The van der Waals surface area contributed by atoms with Crippen LogP contribution in [0.25, 0.3) is 0 Å². The summed E-state index contributed by atoms with van der Waals surface area (Å²) in [5, 5.41) is 9.85. The average molecular weight is 532 g/mol. The topological polar surface area (TPSA) is 89.9 Å². The number of aromatic nitrogens is 2. The number of fused-ring (bicyclic) bond motifs is 1. The van der Waals surface area contributed by atoms with Gasteiger partial charge in [-0.25, -0.2) is 9.97 Å². The molecule has 8 heteroatoms. The lowest BCUT2D eigenvalue weighted by Crippen LogP contribution is -2.63. The third-order valence-electron chi connectivity index (χ3n) is 9.93. The summed E-state index contributed by atoms with van der Waals surface area (Å²) >= 11 is 0. The van der Waals surface area contributed by atoms with Crippen molar-refractivity contribution in [3.63, 3.8) is 0 Å². The van der Waals surface area contributed by atoms with Crippen LogP contribution in [-0.2, 0) is 10.2 Å². The highest BCUT2D eigenvalue weighted by Crippen LogP contribution is 2.41. The van der Waals surface area contributed by atoms with Crippen molar-refractivity contribution in [3.05, 3.63) is 59.2 Å². The summed E-state index contributed by atoms with van der Waals surface area (Å²) in [6.07, 6.45) is 5.42. The van der Waals surface area contributed by atoms with Gasteiger partial charge in [-0.2, -0.15) is 0 Å². The van der Waals surface area contributed by atoms with Gasteiger partial charge in [0.05, 0.1) is 23.1 Å². The number of nitrogens with zero attached hydrogens (tertiary/aromatic N) is 5. The van der Waals surface area contributed by atoms with Crippen molar-refractivity contribution in [2.45, 2.75) is 57.5 Å². The van der Waals surface area contributed by atoms with Crippen molar-refractivity contribution in [3.8, 4) is 0 Å². The van der Waals surface area contributed by atoms with E-state index in [1.807, 2.05) is 18.7 Å². The first kappa shape index (κ1) is 26.4. The Bertz CT molecular complexity index is 1170. The normalized spacial score (nSPS) is 28.3. The first-order chi connectivity index (χ1) is 18.8. The predicted octanol–water partition coefficient (Wildman–Crippen LogP) is 2.82. The van der Waals surface area contributed by atoms with E-state index in [-0.39, 0.29) is 29.3 Å². The zero-order valence-corrected chi connectivity index (χ0v) is 23.3.